The molecule has 0 aliphatic carbocycles. The minimum atomic E-state index is -1.95. The molecule has 85 heavy (non-hydrogen) atoms. The summed E-state index contributed by atoms with van der Waals surface area (Å²) in [7, 11) is 0. The molecule has 2 aliphatic heterocycles. The standard InChI is InChI=1S/C56H30N4O24.Cu/c61-45(62)17-9-21(49(69)70)37(22(10-17)50(71)72)41-29-1-2-30(57-29)42(38-23(51(73)74)11-18(46(63)64)12-24(38)52(75)76)32-5-6-34(59-32)44(40-27(55(81)82)15-20(48(67)68)16-28(40)56(83)84)36-8-7-35(60-36)43(33-4-3-31(41)58-33)39-25(53(77)78)13-19(47(65)66)14-26(39)54(79)80;/h1-16,57,60H,(H,61,62)(H,63,64)(H,65,66)(H,67,68)(H,69,70)(H,71,72)(H,73,74)(H,75,76)(H,77,78)(H,79,80)(H,81,82)(H,83,84);. The van der Waals surface area contributed by atoms with Gasteiger partial charge in [0.1, 0.15) is 0 Å². The van der Waals surface area contributed by atoms with Gasteiger partial charge in [0.05, 0.1) is 89.5 Å². The van der Waals surface area contributed by atoms with Crippen LogP contribution in [0.15, 0.2) is 72.8 Å². The van der Waals surface area contributed by atoms with Crippen LogP contribution in [0.4, 0.5) is 0 Å². The molecule has 2 aliphatic rings. The van der Waals surface area contributed by atoms with Crippen molar-refractivity contribution >= 4 is 118 Å². The van der Waals surface area contributed by atoms with Gasteiger partial charge >= 0.3 is 71.6 Å². The summed E-state index contributed by atoms with van der Waals surface area (Å²) in [5.74, 6) is -22.8. The van der Waals surface area contributed by atoms with Gasteiger partial charge in [0.2, 0.25) is 0 Å². The zero-order valence-electron chi connectivity index (χ0n) is 41.7. The van der Waals surface area contributed by atoms with E-state index in [4.69, 9.17) is 0 Å². The summed E-state index contributed by atoms with van der Waals surface area (Å²) in [4.78, 5) is 171. The van der Waals surface area contributed by atoms with Crippen molar-refractivity contribution in [1.29, 1.82) is 0 Å². The molecule has 28 nitrogen and oxygen atoms in total. The van der Waals surface area contributed by atoms with Crippen LogP contribution in [0.2, 0.25) is 0 Å². The number of nitrogens with zero attached hydrogens (tertiary/aromatic N) is 2. The predicted molar refractivity (Wildman–Crippen MR) is 284 cm³/mol. The number of fused-ring (bicyclic) bond motifs is 8. The fraction of sp³-hybridized carbons (Fsp3) is 0. The Morgan fingerprint density at radius 2 is 0.400 bits per heavy atom. The molecule has 0 atom stereocenters. The van der Waals surface area contributed by atoms with Crippen molar-refractivity contribution in [2.24, 2.45) is 0 Å². The van der Waals surface area contributed by atoms with E-state index in [-0.39, 0.29) is 17.1 Å². The number of hydrogen-bond acceptors (Lipinski definition) is 14. The van der Waals surface area contributed by atoms with Gasteiger partial charge in [0.25, 0.3) is 0 Å². The van der Waals surface area contributed by atoms with Crippen LogP contribution in [0.1, 0.15) is 147 Å². The maximum Gasteiger partial charge on any atom is 0.336 e. The van der Waals surface area contributed by atoms with E-state index >= 15 is 0 Å². The van der Waals surface area contributed by atoms with Crippen molar-refractivity contribution in [2.45, 2.75) is 0 Å². The first kappa shape index (κ1) is 58.8. The van der Waals surface area contributed by atoms with Crippen molar-refractivity contribution in [3.63, 3.8) is 0 Å². The second-order valence-corrected chi connectivity index (χ2v) is 17.9. The van der Waals surface area contributed by atoms with E-state index in [1.807, 2.05) is 0 Å². The Morgan fingerprint density at radius 1 is 0.247 bits per heavy atom. The fourth-order valence-corrected chi connectivity index (χ4v) is 9.75. The number of rotatable bonds is 16. The number of aromatic amines is 2. The van der Waals surface area contributed by atoms with Crippen LogP contribution in [-0.4, -0.2) is 153 Å². The molecule has 0 saturated heterocycles. The molecule has 0 unspecified atom stereocenters. The zero-order chi connectivity index (χ0) is 61.2. The van der Waals surface area contributed by atoms with Crippen LogP contribution >= 0.6 is 0 Å². The Labute approximate surface area is 478 Å². The number of hydrogen-bond donors (Lipinski definition) is 14. The number of nitrogens with one attached hydrogen (secondary N) is 2. The largest absolute Gasteiger partial charge is 0.478 e. The van der Waals surface area contributed by atoms with Crippen LogP contribution in [-0.2, 0) is 17.1 Å². The molecule has 3 aromatic heterocycles. The van der Waals surface area contributed by atoms with Crippen LogP contribution in [0.5, 0.6) is 0 Å². The minimum Gasteiger partial charge on any atom is -0.478 e. The van der Waals surface area contributed by atoms with E-state index in [1.54, 1.807) is 0 Å². The molecule has 0 spiro atoms. The molecule has 7 aromatic rings. The zero-order valence-corrected chi connectivity index (χ0v) is 42.6. The van der Waals surface area contributed by atoms with E-state index in [0.29, 0.717) is 48.5 Å². The molecular formula is C56H30CuN4O24. The van der Waals surface area contributed by atoms with E-state index in [0.717, 1.165) is 48.6 Å². The fourth-order valence-electron chi connectivity index (χ4n) is 9.75. The molecule has 8 bridgehead atoms. The Bertz CT molecular complexity index is 3900. The van der Waals surface area contributed by atoms with Gasteiger partial charge in [0.15, 0.2) is 0 Å². The van der Waals surface area contributed by atoms with Gasteiger partial charge in [-0.05, 0) is 97.1 Å². The Hall–Kier alpha value is -12.4. The first-order valence-electron chi connectivity index (χ1n) is 23.3. The van der Waals surface area contributed by atoms with E-state index in [2.05, 4.69) is 19.9 Å². The average Bonchev–Trinajstić information content (AvgIpc) is 2.11. The molecule has 9 rings (SSSR count). The van der Waals surface area contributed by atoms with Gasteiger partial charge < -0.3 is 71.2 Å². The predicted octanol–water partition coefficient (Wildman–Crippen LogP) is 7.70. The smallest absolute Gasteiger partial charge is 0.336 e. The van der Waals surface area contributed by atoms with Crippen molar-refractivity contribution in [2.75, 3.05) is 0 Å². The topological polar surface area (TPSA) is 505 Å². The molecule has 14 N–H and O–H groups in total. The summed E-state index contributed by atoms with van der Waals surface area (Å²) in [6, 6.07) is 8.94. The first-order chi connectivity index (χ1) is 39.6. The van der Waals surface area contributed by atoms with Gasteiger partial charge in [0, 0.05) is 83.6 Å². The molecular weight excluding hydrogens is 1180 g/mol. The first-order valence-corrected chi connectivity index (χ1v) is 23.3. The molecule has 0 fully saturated rings. The summed E-state index contributed by atoms with van der Waals surface area (Å²) in [5, 5.41) is 126. The molecule has 4 aromatic carbocycles. The number of aromatic carboxylic acids is 12. The summed E-state index contributed by atoms with van der Waals surface area (Å²) in [6.07, 6.45) is 4.19. The van der Waals surface area contributed by atoms with Gasteiger partial charge in [-0.25, -0.2) is 67.5 Å². The third-order valence-corrected chi connectivity index (χ3v) is 13.1. The van der Waals surface area contributed by atoms with Crippen molar-refractivity contribution in [1.82, 2.24) is 19.9 Å². The number of carboxylic acids is 12. The van der Waals surface area contributed by atoms with Crippen molar-refractivity contribution in [3.8, 4) is 44.5 Å². The second-order valence-electron chi connectivity index (χ2n) is 17.9. The van der Waals surface area contributed by atoms with E-state index < -0.39 is 228 Å². The van der Waals surface area contributed by atoms with E-state index in [1.165, 1.54) is 0 Å². The summed E-state index contributed by atoms with van der Waals surface area (Å²) in [5.41, 5.74) is -21.2. The second kappa shape index (κ2) is 21.9. The van der Waals surface area contributed by atoms with Gasteiger partial charge in [-0.15, -0.1) is 0 Å². The van der Waals surface area contributed by atoms with Gasteiger partial charge in [-0.2, -0.15) is 0 Å². The molecule has 0 saturated carbocycles. The third kappa shape index (κ3) is 10.3. The molecule has 5 heterocycles. The number of aromatic nitrogens is 4. The van der Waals surface area contributed by atoms with Crippen molar-refractivity contribution < 1.29 is 136 Å². The van der Waals surface area contributed by atoms with Crippen LogP contribution < -0.4 is 0 Å². The van der Waals surface area contributed by atoms with Crippen molar-refractivity contribution in [3.05, 3.63) is 162 Å². The van der Waals surface area contributed by atoms with Crippen LogP contribution in [0.3, 0.4) is 0 Å². The summed E-state index contributed by atoms with van der Waals surface area (Å²) < 4.78 is 0. The molecule has 1 radical (unpaired) electrons. The number of benzene rings is 4. The minimum absolute atomic E-state index is 0. The Morgan fingerprint density at radius 3 is 0.529 bits per heavy atom. The number of carboxylic acid groups (broad SMARTS) is 12. The number of H-pyrrole nitrogens is 2. The molecule has 29 heteroatoms. The van der Waals surface area contributed by atoms with Crippen LogP contribution in [0, 0.1) is 0 Å². The Balaban J connectivity index is 0.00000940. The molecule has 429 valence electrons. The SMILES string of the molecule is O=C(O)c1cc(C(=O)O)c(-c2c3nc(c(-c4c(C(=O)O)cc(C(=O)O)cc4C(=O)O)c4ccc([nH]4)c(-c4c(C(=O)O)cc(C(=O)O)cc4C(=O)O)c4nc(c(-c5c(C(=O)O)cc(C(=O)O)cc5C(=O)O)c5ccc2[nH]5)C=C4)C=C3)c(C(=O)O)c1.[Cu]. The number of carbonyl (C=O) groups is 12. The summed E-state index contributed by atoms with van der Waals surface area (Å²) in [6.45, 7) is 0. The normalized spacial score (nSPS) is 11.3. The third-order valence-electron chi connectivity index (χ3n) is 13.1. The summed E-state index contributed by atoms with van der Waals surface area (Å²) >= 11 is 0. The maximum absolute atomic E-state index is 13.3. The molecule has 0 amide bonds. The van der Waals surface area contributed by atoms with Crippen LogP contribution in [0.25, 0.3) is 90.9 Å². The van der Waals surface area contributed by atoms with E-state index in [9.17, 15) is 119 Å². The Kier molecular flexibility index (Phi) is 15.2. The van der Waals surface area contributed by atoms with Gasteiger partial charge in [-0.1, -0.05) is 0 Å². The van der Waals surface area contributed by atoms with Gasteiger partial charge in [-0.3, -0.25) is 0 Å². The average molecular weight is 1210 g/mol. The quantitative estimate of drug-likeness (QED) is 0.0412. The maximum atomic E-state index is 13.3. The monoisotopic (exact) mass is 1210 g/mol.